The predicted molar refractivity (Wildman–Crippen MR) is 67.8 cm³/mol. The summed E-state index contributed by atoms with van der Waals surface area (Å²) in [5.74, 6) is 0.423. The number of anilines is 1. The van der Waals surface area contributed by atoms with Crippen molar-refractivity contribution in [3.63, 3.8) is 0 Å². The number of methoxy groups -OCH3 is 1. The molecular formula is C10H10ClN3O4S. The van der Waals surface area contributed by atoms with Gasteiger partial charge in [0.25, 0.3) is 10.0 Å². The molecule has 0 atom stereocenters. The Kier molecular flexibility index (Phi) is 3.63. The maximum Gasteiger partial charge on any atom is 0.263 e. The topological polar surface area (TPSA) is 94.3 Å². The maximum atomic E-state index is 12.1. The molecule has 0 saturated carbocycles. The lowest BCUT2D eigenvalue weighted by Crippen LogP contribution is -2.14. The van der Waals surface area contributed by atoms with E-state index in [2.05, 4.69) is 19.7 Å². The van der Waals surface area contributed by atoms with Crippen molar-refractivity contribution in [3.05, 3.63) is 28.9 Å². The summed E-state index contributed by atoms with van der Waals surface area (Å²) in [6.07, 6.45) is 0. The molecule has 0 fully saturated rings. The van der Waals surface area contributed by atoms with Crippen molar-refractivity contribution < 1.29 is 17.8 Å². The number of nitrogens with zero attached hydrogens (tertiary/aromatic N) is 2. The van der Waals surface area contributed by atoms with Gasteiger partial charge in [-0.05, 0) is 30.3 Å². The summed E-state index contributed by atoms with van der Waals surface area (Å²) in [6, 6.07) is 4.12. The molecule has 19 heavy (non-hydrogen) atoms. The Bertz CT molecular complexity index is 699. The summed E-state index contributed by atoms with van der Waals surface area (Å²) in [4.78, 5) is -0.0132. The summed E-state index contributed by atoms with van der Waals surface area (Å²) < 4.78 is 35.8. The third kappa shape index (κ3) is 2.79. The number of halogens is 1. The van der Waals surface area contributed by atoms with Crippen LogP contribution in [-0.4, -0.2) is 25.8 Å². The molecule has 102 valence electrons. The fraction of sp³-hybridized carbons (Fsp3) is 0.200. The van der Waals surface area contributed by atoms with E-state index in [1.54, 1.807) is 6.92 Å². The summed E-state index contributed by atoms with van der Waals surface area (Å²) in [6.45, 7) is 1.56. The van der Waals surface area contributed by atoms with Crippen LogP contribution in [0.25, 0.3) is 0 Å². The van der Waals surface area contributed by atoms with Gasteiger partial charge in [0.1, 0.15) is 11.4 Å². The molecule has 0 amide bonds. The molecule has 7 nitrogen and oxygen atoms in total. The molecule has 0 radical (unpaired) electrons. The lowest BCUT2D eigenvalue weighted by atomic mass is 10.3. The first-order valence-corrected chi connectivity index (χ1v) is 6.95. The van der Waals surface area contributed by atoms with Crippen LogP contribution >= 0.6 is 11.6 Å². The lowest BCUT2D eigenvalue weighted by Gasteiger charge is -2.07. The Morgan fingerprint density at radius 3 is 2.63 bits per heavy atom. The summed E-state index contributed by atoms with van der Waals surface area (Å²) in [7, 11) is -2.36. The van der Waals surface area contributed by atoms with E-state index in [4.69, 9.17) is 16.3 Å². The summed E-state index contributed by atoms with van der Waals surface area (Å²) in [5.41, 5.74) is 0.336. The fourth-order valence-electron chi connectivity index (χ4n) is 1.32. The molecule has 9 heteroatoms. The smallest absolute Gasteiger partial charge is 0.263 e. The highest BCUT2D eigenvalue weighted by atomic mass is 35.5. The number of aromatic nitrogens is 2. The van der Waals surface area contributed by atoms with E-state index in [9.17, 15) is 8.42 Å². The van der Waals surface area contributed by atoms with Crippen molar-refractivity contribution >= 4 is 27.4 Å². The third-order valence-corrected chi connectivity index (χ3v) is 3.95. The van der Waals surface area contributed by atoms with Crippen LogP contribution in [-0.2, 0) is 10.0 Å². The zero-order chi connectivity index (χ0) is 14.0. The van der Waals surface area contributed by atoms with Crippen LogP contribution < -0.4 is 9.46 Å². The third-order valence-electron chi connectivity index (χ3n) is 2.32. The minimum absolute atomic E-state index is 0.0132. The SMILES string of the molecule is COc1ccc(S(=O)(=O)Nc2nonc2C)cc1Cl. The first-order chi connectivity index (χ1) is 8.94. The first-order valence-electron chi connectivity index (χ1n) is 5.09. The van der Waals surface area contributed by atoms with Crippen LogP contribution in [0.1, 0.15) is 5.69 Å². The van der Waals surface area contributed by atoms with E-state index in [0.29, 0.717) is 11.4 Å². The van der Waals surface area contributed by atoms with Gasteiger partial charge in [0.05, 0.1) is 17.0 Å². The van der Waals surface area contributed by atoms with E-state index in [1.165, 1.54) is 25.3 Å². The number of ether oxygens (including phenoxy) is 1. The molecular weight excluding hydrogens is 294 g/mol. The molecule has 0 spiro atoms. The number of aryl methyl sites for hydroxylation is 1. The van der Waals surface area contributed by atoms with E-state index in [-0.39, 0.29) is 15.7 Å². The Labute approximate surface area is 114 Å². The minimum Gasteiger partial charge on any atom is -0.495 e. The Morgan fingerprint density at radius 2 is 2.11 bits per heavy atom. The summed E-state index contributed by atoms with van der Waals surface area (Å²) in [5, 5.41) is 7.12. The quantitative estimate of drug-likeness (QED) is 0.926. The van der Waals surface area contributed by atoms with Crippen molar-refractivity contribution in [2.75, 3.05) is 11.8 Å². The van der Waals surface area contributed by atoms with Gasteiger partial charge in [0.15, 0.2) is 0 Å². The molecule has 0 aliphatic heterocycles. The zero-order valence-electron chi connectivity index (χ0n) is 10.0. The summed E-state index contributed by atoms with van der Waals surface area (Å²) >= 11 is 5.89. The second-order valence-corrected chi connectivity index (χ2v) is 5.69. The van der Waals surface area contributed by atoms with Gasteiger partial charge < -0.3 is 4.74 Å². The van der Waals surface area contributed by atoms with Gasteiger partial charge in [-0.15, -0.1) is 0 Å². The number of hydrogen-bond donors (Lipinski definition) is 1. The average molecular weight is 304 g/mol. The minimum atomic E-state index is -3.81. The molecule has 2 rings (SSSR count). The molecule has 1 aromatic carbocycles. The number of hydrogen-bond acceptors (Lipinski definition) is 6. The van der Waals surface area contributed by atoms with E-state index >= 15 is 0 Å². The Balaban J connectivity index is 2.35. The van der Waals surface area contributed by atoms with Crippen LogP contribution in [0.2, 0.25) is 5.02 Å². The predicted octanol–water partition coefficient (Wildman–Crippen LogP) is 1.84. The average Bonchev–Trinajstić information content (AvgIpc) is 2.74. The second-order valence-electron chi connectivity index (χ2n) is 3.60. The van der Waals surface area contributed by atoms with Crippen LogP contribution in [0, 0.1) is 6.92 Å². The highest BCUT2D eigenvalue weighted by Crippen LogP contribution is 2.27. The molecule has 0 bridgehead atoms. The van der Waals surface area contributed by atoms with Crippen molar-refractivity contribution in [3.8, 4) is 5.75 Å². The van der Waals surface area contributed by atoms with Crippen LogP contribution in [0.5, 0.6) is 5.75 Å². The first kappa shape index (κ1) is 13.6. The monoisotopic (exact) mass is 303 g/mol. The highest BCUT2D eigenvalue weighted by Gasteiger charge is 2.19. The van der Waals surface area contributed by atoms with Gasteiger partial charge in [-0.2, -0.15) is 0 Å². The van der Waals surface area contributed by atoms with Crippen molar-refractivity contribution in [2.24, 2.45) is 0 Å². The maximum absolute atomic E-state index is 12.1. The number of rotatable bonds is 4. The Hall–Kier alpha value is -1.80. The van der Waals surface area contributed by atoms with E-state index < -0.39 is 10.0 Å². The molecule has 1 N–H and O–H groups in total. The normalized spacial score (nSPS) is 11.3. The van der Waals surface area contributed by atoms with E-state index in [0.717, 1.165) is 0 Å². The van der Waals surface area contributed by atoms with Gasteiger partial charge in [-0.1, -0.05) is 16.8 Å². The zero-order valence-corrected chi connectivity index (χ0v) is 11.6. The van der Waals surface area contributed by atoms with Gasteiger partial charge in [-0.3, -0.25) is 4.72 Å². The van der Waals surface area contributed by atoms with Gasteiger partial charge in [0, 0.05) is 0 Å². The number of sulfonamides is 1. The Morgan fingerprint density at radius 1 is 1.37 bits per heavy atom. The molecule has 0 aliphatic carbocycles. The molecule has 0 aliphatic rings. The lowest BCUT2D eigenvalue weighted by molar-refractivity contribution is 0.306. The van der Waals surface area contributed by atoms with Crippen LogP contribution in [0.15, 0.2) is 27.7 Å². The van der Waals surface area contributed by atoms with Crippen molar-refractivity contribution in [2.45, 2.75) is 11.8 Å². The van der Waals surface area contributed by atoms with Crippen LogP contribution in [0.4, 0.5) is 5.82 Å². The molecule has 0 unspecified atom stereocenters. The fourth-order valence-corrected chi connectivity index (χ4v) is 2.72. The van der Waals surface area contributed by atoms with Crippen LogP contribution in [0.3, 0.4) is 0 Å². The second kappa shape index (κ2) is 5.06. The molecule has 0 saturated heterocycles. The van der Waals surface area contributed by atoms with Crippen molar-refractivity contribution in [1.29, 1.82) is 0 Å². The largest absolute Gasteiger partial charge is 0.495 e. The van der Waals surface area contributed by atoms with Gasteiger partial charge in [0.2, 0.25) is 5.82 Å². The molecule has 2 aromatic rings. The standard InChI is InChI=1S/C10H10ClN3O4S/c1-6-10(13-18-12-6)14-19(15,16)7-3-4-9(17-2)8(11)5-7/h3-5H,1-2H3,(H,13,14). The van der Waals surface area contributed by atoms with Gasteiger partial charge >= 0.3 is 0 Å². The highest BCUT2D eigenvalue weighted by molar-refractivity contribution is 7.92. The van der Waals surface area contributed by atoms with E-state index in [1.807, 2.05) is 0 Å². The van der Waals surface area contributed by atoms with Gasteiger partial charge in [-0.25, -0.2) is 13.0 Å². The molecule has 1 aromatic heterocycles. The molecule has 1 heterocycles. The number of benzene rings is 1. The number of nitrogens with one attached hydrogen (secondary N) is 1. The van der Waals surface area contributed by atoms with Crippen molar-refractivity contribution in [1.82, 2.24) is 10.3 Å².